The summed E-state index contributed by atoms with van der Waals surface area (Å²) in [6, 6.07) is 0. The van der Waals surface area contributed by atoms with Crippen LogP contribution in [0.4, 0.5) is 0 Å². The van der Waals surface area contributed by atoms with Gasteiger partial charge in [-0.1, -0.05) is 0 Å². The van der Waals surface area contributed by atoms with E-state index in [0.717, 1.165) is 0 Å². The molecule has 60 valence electrons. The molecule has 0 spiro atoms. The van der Waals surface area contributed by atoms with E-state index in [0.29, 0.717) is 0 Å². The van der Waals surface area contributed by atoms with Gasteiger partial charge in [-0.15, -0.1) is 11.8 Å². The molecule has 0 aromatic heterocycles. The smallest absolute Gasteiger partial charge is 0.102 e. The predicted octanol–water partition coefficient (Wildman–Crippen LogP) is -0.928. The molecule has 1 saturated heterocycles. The van der Waals surface area contributed by atoms with Crippen molar-refractivity contribution in [3.05, 3.63) is 0 Å². The molecule has 0 amide bonds. The summed E-state index contributed by atoms with van der Waals surface area (Å²) in [6.07, 6.45) is -1.65. The minimum Gasteiger partial charge on any atom is -0.395 e. The fourth-order valence-electron chi connectivity index (χ4n) is 0.880. The molecule has 0 bridgehead atoms. The Morgan fingerprint density at radius 2 is 1.90 bits per heavy atom. The highest BCUT2D eigenvalue weighted by Gasteiger charge is 2.39. The summed E-state index contributed by atoms with van der Waals surface area (Å²) in [6.45, 7) is -0.111. The summed E-state index contributed by atoms with van der Waals surface area (Å²) in [5.74, 6) is 0. The summed E-state index contributed by atoms with van der Waals surface area (Å²) in [5, 5.41) is 26.6. The number of thiol groups is 1. The average Bonchev–Trinajstić information content (AvgIpc) is 2.17. The van der Waals surface area contributed by atoms with Crippen LogP contribution in [0.5, 0.6) is 0 Å². The number of rotatable bonds is 1. The van der Waals surface area contributed by atoms with Gasteiger partial charge in [0.05, 0.1) is 22.5 Å². The fourth-order valence-corrected chi connectivity index (χ4v) is 2.61. The van der Waals surface area contributed by atoms with Gasteiger partial charge in [0, 0.05) is 0 Å². The van der Waals surface area contributed by atoms with Crippen LogP contribution in [-0.4, -0.2) is 44.0 Å². The third kappa shape index (κ3) is 1.43. The van der Waals surface area contributed by atoms with E-state index in [1.54, 1.807) is 0 Å². The zero-order valence-electron chi connectivity index (χ0n) is 5.21. The molecule has 3 nitrogen and oxygen atoms in total. The summed E-state index contributed by atoms with van der Waals surface area (Å²) in [5.41, 5.74) is 0. The van der Waals surface area contributed by atoms with E-state index < -0.39 is 12.2 Å². The van der Waals surface area contributed by atoms with Crippen molar-refractivity contribution < 1.29 is 15.3 Å². The maximum absolute atomic E-state index is 9.15. The van der Waals surface area contributed by atoms with Crippen molar-refractivity contribution in [3.8, 4) is 0 Å². The number of hydrogen-bond donors (Lipinski definition) is 4. The largest absolute Gasteiger partial charge is 0.395 e. The lowest BCUT2D eigenvalue weighted by Crippen LogP contribution is -2.32. The summed E-state index contributed by atoms with van der Waals surface area (Å²) >= 11 is 5.30. The quantitative estimate of drug-likeness (QED) is 0.396. The van der Waals surface area contributed by atoms with Crippen molar-refractivity contribution in [2.75, 3.05) is 6.61 Å². The average molecular weight is 182 g/mol. The molecule has 1 aliphatic rings. The van der Waals surface area contributed by atoms with Crippen LogP contribution >= 0.6 is 24.4 Å². The first-order valence-electron chi connectivity index (χ1n) is 2.97. The van der Waals surface area contributed by atoms with Gasteiger partial charge in [-0.2, -0.15) is 12.6 Å². The van der Waals surface area contributed by atoms with Crippen LogP contribution in [0.2, 0.25) is 0 Å². The van der Waals surface area contributed by atoms with Crippen LogP contribution in [0.3, 0.4) is 0 Å². The molecule has 0 aromatic rings. The van der Waals surface area contributed by atoms with Gasteiger partial charge in [0.15, 0.2) is 0 Å². The van der Waals surface area contributed by atoms with Crippen molar-refractivity contribution in [2.45, 2.75) is 22.0 Å². The third-order valence-corrected chi connectivity index (χ3v) is 3.52. The van der Waals surface area contributed by atoms with Crippen LogP contribution in [0.25, 0.3) is 0 Å². The van der Waals surface area contributed by atoms with E-state index in [1.165, 1.54) is 11.8 Å². The van der Waals surface area contributed by atoms with E-state index in [9.17, 15) is 0 Å². The zero-order chi connectivity index (χ0) is 7.72. The molecule has 0 aromatic carbocycles. The van der Waals surface area contributed by atoms with Crippen LogP contribution in [0.1, 0.15) is 0 Å². The number of aliphatic hydroxyl groups is 3. The van der Waals surface area contributed by atoms with Gasteiger partial charge in [0.25, 0.3) is 0 Å². The first-order chi connectivity index (χ1) is 4.66. The van der Waals surface area contributed by atoms with Crippen LogP contribution in [-0.2, 0) is 0 Å². The van der Waals surface area contributed by atoms with Crippen molar-refractivity contribution >= 4 is 24.4 Å². The third-order valence-electron chi connectivity index (χ3n) is 1.52. The van der Waals surface area contributed by atoms with E-state index in [4.69, 9.17) is 15.3 Å². The Kier molecular flexibility index (Phi) is 2.88. The Labute approximate surface area is 68.9 Å². The lowest BCUT2D eigenvalue weighted by atomic mass is 10.2. The van der Waals surface area contributed by atoms with Crippen LogP contribution < -0.4 is 0 Å². The lowest BCUT2D eigenvalue weighted by molar-refractivity contribution is 0.0293. The van der Waals surface area contributed by atoms with Gasteiger partial charge in [-0.25, -0.2) is 0 Å². The second kappa shape index (κ2) is 3.32. The maximum atomic E-state index is 9.15. The monoisotopic (exact) mass is 182 g/mol. The van der Waals surface area contributed by atoms with E-state index in [2.05, 4.69) is 12.6 Å². The molecular weight excluding hydrogens is 172 g/mol. The Balaban J connectivity index is 2.53. The molecule has 1 heterocycles. The minimum atomic E-state index is -0.836. The van der Waals surface area contributed by atoms with Gasteiger partial charge in [0.2, 0.25) is 0 Å². The lowest BCUT2D eigenvalue weighted by Gasteiger charge is -2.11. The van der Waals surface area contributed by atoms with Gasteiger partial charge in [-0.05, 0) is 0 Å². The Morgan fingerprint density at radius 3 is 2.10 bits per heavy atom. The molecule has 4 atom stereocenters. The van der Waals surface area contributed by atoms with Gasteiger partial charge in [0.1, 0.15) is 6.10 Å². The van der Waals surface area contributed by atoms with Gasteiger partial charge in [-0.3, -0.25) is 0 Å². The zero-order valence-corrected chi connectivity index (χ0v) is 6.92. The second-order valence-electron chi connectivity index (χ2n) is 2.23. The minimum absolute atomic E-state index is 0.111. The van der Waals surface area contributed by atoms with Crippen molar-refractivity contribution in [1.82, 2.24) is 0 Å². The molecule has 1 aliphatic heterocycles. The predicted molar refractivity (Wildman–Crippen MR) is 43.3 cm³/mol. The maximum Gasteiger partial charge on any atom is 0.102 e. The van der Waals surface area contributed by atoms with Crippen LogP contribution in [0, 0.1) is 0 Å². The number of hydrogen-bond acceptors (Lipinski definition) is 5. The first kappa shape index (κ1) is 8.67. The molecule has 5 heteroatoms. The normalized spacial score (nSPS) is 48.0. The van der Waals surface area contributed by atoms with Crippen molar-refractivity contribution in [2.24, 2.45) is 0 Å². The highest BCUT2D eigenvalue weighted by atomic mass is 32.2. The Morgan fingerprint density at radius 1 is 1.30 bits per heavy atom. The van der Waals surface area contributed by atoms with E-state index >= 15 is 0 Å². The van der Waals surface area contributed by atoms with Gasteiger partial charge < -0.3 is 15.3 Å². The molecule has 1 rings (SSSR count). The van der Waals surface area contributed by atoms with E-state index in [1.807, 2.05) is 0 Å². The summed E-state index contributed by atoms with van der Waals surface area (Å²) in [7, 11) is 0. The molecule has 3 N–H and O–H groups in total. The fraction of sp³-hybridized carbons (Fsp3) is 1.00. The highest BCUT2D eigenvalue weighted by molar-refractivity contribution is 8.11. The molecular formula is C5H10O3S2. The van der Waals surface area contributed by atoms with Gasteiger partial charge >= 0.3 is 0 Å². The molecule has 0 aliphatic carbocycles. The molecule has 0 saturated carbocycles. The SMILES string of the molecule is OC[C@@H]1S[C@@H](S)[C@@H](O)[C@@H]1O. The number of thioether (sulfide) groups is 1. The molecule has 10 heavy (non-hydrogen) atoms. The topological polar surface area (TPSA) is 60.7 Å². The van der Waals surface area contributed by atoms with Crippen molar-refractivity contribution in [3.63, 3.8) is 0 Å². The summed E-state index contributed by atoms with van der Waals surface area (Å²) in [4.78, 5) is 0. The Bertz CT molecular complexity index is 121. The van der Waals surface area contributed by atoms with Crippen LogP contribution in [0.15, 0.2) is 0 Å². The molecule has 0 unspecified atom stereocenters. The molecule has 1 fully saturated rings. The van der Waals surface area contributed by atoms with E-state index in [-0.39, 0.29) is 16.4 Å². The molecule has 0 radical (unpaired) electrons. The highest BCUT2D eigenvalue weighted by Crippen LogP contribution is 2.35. The number of aliphatic hydroxyl groups excluding tert-OH is 3. The Hall–Kier alpha value is 0.580. The van der Waals surface area contributed by atoms with Crippen molar-refractivity contribution in [1.29, 1.82) is 0 Å². The standard InChI is InChI=1S/C5H10O3S2/c6-1-2-3(7)4(8)5(9)10-2/h2-9H,1H2/t2-,3+,4-,5+/m0/s1. The first-order valence-corrected chi connectivity index (χ1v) is 4.43. The second-order valence-corrected chi connectivity index (χ2v) is 4.52. The summed E-state index contributed by atoms with van der Waals surface area (Å²) < 4.78 is -0.271.